The first-order valence-electron chi connectivity index (χ1n) is 24.5. The van der Waals surface area contributed by atoms with Gasteiger partial charge < -0.3 is 20.1 Å². The van der Waals surface area contributed by atoms with E-state index in [2.05, 4.69) is 13.8 Å². The molecule has 0 radical (unpaired) electrons. The fourth-order valence-electron chi connectivity index (χ4n) is 7.41. The van der Waals surface area contributed by atoms with Crippen LogP contribution in [0.25, 0.3) is 0 Å². The Bertz CT molecular complexity index is 832. The summed E-state index contributed by atoms with van der Waals surface area (Å²) < 4.78 is 33.5. The molecule has 0 fully saturated rings. The van der Waals surface area contributed by atoms with Crippen molar-refractivity contribution >= 4 is 13.8 Å². The predicted molar refractivity (Wildman–Crippen MR) is 238 cm³/mol. The minimum atomic E-state index is -4.27. The van der Waals surface area contributed by atoms with E-state index in [0.29, 0.717) is 13.0 Å². The van der Waals surface area contributed by atoms with Crippen LogP contribution >= 0.6 is 7.82 Å². The maximum absolute atomic E-state index is 12.6. The third kappa shape index (κ3) is 44.6. The number of phosphoric acid groups is 1. The molecule has 0 aliphatic heterocycles. The van der Waals surface area contributed by atoms with Gasteiger partial charge in [0.05, 0.1) is 19.8 Å². The van der Waals surface area contributed by atoms with Crippen molar-refractivity contribution in [3.8, 4) is 0 Å². The van der Waals surface area contributed by atoms with Gasteiger partial charge in [0.15, 0.2) is 0 Å². The molecular formula is C47H96NO7P. The summed E-state index contributed by atoms with van der Waals surface area (Å²) in [5, 5.41) is 0. The molecule has 336 valence electrons. The lowest BCUT2D eigenvalue weighted by Crippen LogP contribution is -2.28. The lowest BCUT2D eigenvalue weighted by atomic mass is 10.0. The Labute approximate surface area is 348 Å². The molecule has 0 saturated carbocycles. The van der Waals surface area contributed by atoms with Gasteiger partial charge in [0.2, 0.25) is 0 Å². The Morgan fingerprint density at radius 2 is 0.786 bits per heavy atom. The highest BCUT2D eigenvalue weighted by molar-refractivity contribution is 7.47. The SMILES string of the molecule is CCCCCCCCCCCCCCCCCCCCCCCOCC(COP(=O)(O)OCCN)OC(=O)CCCCCCCCCCCCCCCCCC. The van der Waals surface area contributed by atoms with E-state index in [-0.39, 0.29) is 32.3 Å². The molecular weight excluding hydrogens is 721 g/mol. The summed E-state index contributed by atoms with van der Waals surface area (Å²) in [4.78, 5) is 22.5. The van der Waals surface area contributed by atoms with Gasteiger partial charge in [-0.2, -0.15) is 0 Å². The number of hydrogen-bond donors (Lipinski definition) is 2. The minimum Gasteiger partial charge on any atom is -0.457 e. The highest BCUT2D eigenvalue weighted by atomic mass is 31.2. The Hall–Kier alpha value is -0.500. The molecule has 0 aliphatic carbocycles. The van der Waals surface area contributed by atoms with Crippen LogP contribution in [0.2, 0.25) is 0 Å². The van der Waals surface area contributed by atoms with E-state index in [1.807, 2.05) is 0 Å². The molecule has 0 aromatic rings. The van der Waals surface area contributed by atoms with Gasteiger partial charge >= 0.3 is 13.8 Å². The molecule has 0 rings (SSSR count). The van der Waals surface area contributed by atoms with Crippen molar-refractivity contribution in [3.63, 3.8) is 0 Å². The second-order valence-electron chi connectivity index (χ2n) is 16.7. The molecule has 56 heavy (non-hydrogen) atoms. The van der Waals surface area contributed by atoms with Crippen molar-refractivity contribution in [3.05, 3.63) is 0 Å². The zero-order valence-corrected chi connectivity index (χ0v) is 38.3. The largest absolute Gasteiger partial charge is 0.472 e. The van der Waals surface area contributed by atoms with Crippen LogP contribution < -0.4 is 5.73 Å². The van der Waals surface area contributed by atoms with Gasteiger partial charge in [-0.1, -0.05) is 239 Å². The molecule has 2 atom stereocenters. The maximum atomic E-state index is 12.6. The Balaban J connectivity index is 3.89. The van der Waals surface area contributed by atoms with Gasteiger partial charge in [0.25, 0.3) is 0 Å². The van der Waals surface area contributed by atoms with Crippen molar-refractivity contribution in [2.75, 3.05) is 33.0 Å². The van der Waals surface area contributed by atoms with Crippen molar-refractivity contribution in [2.24, 2.45) is 5.73 Å². The Morgan fingerprint density at radius 1 is 0.464 bits per heavy atom. The molecule has 3 N–H and O–H groups in total. The lowest BCUT2D eigenvalue weighted by Gasteiger charge is -2.20. The molecule has 0 heterocycles. The summed E-state index contributed by atoms with van der Waals surface area (Å²) in [5.41, 5.74) is 5.38. The molecule has 0 aromatic heterocycles. The molecule has 2 unspecified atom stereocenters. The van der Waals surface area contributed by atoms with E-state index < -0.39 is 13.9 Å². The van der Waals surface area contributed by atoms with E-state index in [1.54, 1.807) is 0 Å². The zero-order valence-electron chi connectivity index (χ0n) is 37.4. The van der Waals surface area contributed by atoms with E-state index in [0.717, 1.165) is 32.1 Å². The van der Waals surface area contributed by atoms with E-state index >= 15 is 0 Å². The van der Waals surface area contributed by atoms with Gasteiger partial charge in [-0.05, 0) is 12.8 Å². The highest BCUT2D eigenvalue weighted by Crippen LogP contribution is 2.43. The van der Waals surface area contributed by atoms with Gasteiger partial charge in [-0.3, -0.25) is 13.8 Å². The smallest absolute Gasteiger partial charge is 0.457 e. The number of rotatable bonds is 48. The second kappa shape index (κ2) is 45.6. The fraction of sp³-hybridized carbons (Fsp3) is 0.979. The van der Waals surface area contributed by atoms with Crippen LogP contribution in [-0.4, -0.2) is 49.9 Å². The van der Waals surface area contributed by atoms with Gasteiger partial charge in [0.1, 0.15) is 6.10 Å². The van der Waals surface area contributed by atoms with Gasteiger partial charge in [-0.25, -0.2) is 4.57 Å². The predicted octanol–water partition coefficient (Wildman–Crippen LogP) is 14.9. The number of hydrogen-bond acceptors (Lipinski definition) is 7. The summed E-state index contributed by atoms with van der Waals surface area (Å²) in [6.07, 6.45) is 48.4. The molecule has 9 heteroatoms. The second-order valence-corrected chi connectivity index (χ2v) is 18.2. The monoisotopic (exact) mass is 818 g/mol. The van der Waals surface area contributed by atoms with Gasteiger partial charge in [0, 0.05) is 19.6 Å². The first kappa shape index (κ1) is 55.5. The molecule has 0 amide bonds. The van der Waals surface area contributed by atoms with Crippen molar-refractivity contribution in [1.82, 2.24) is 0 Å². The number of ether oxygens (including phenoxy) is 2. The Kier molecular flexibility index (Phi) is 45.2. The van der Waals surface area contributed by atoms with Crippen molar-refractivity contribution in [1.29, 1.82) is 0 Å². The normalized spacial score (nSPS) is 13.3. The standard InChI is InChI=1S/C47H96NO7P/c1-3-5-7-9-11-13-15-17-19-21-22-23-24-25-27-29-31-33-35-37-39-42-52-44-46(45-54-56(50,51)53-43-41-48)55-47(49)40-38-36-34-32-30-28-26-20-18-16-14-12-10-8-6-4-2/h46H,3-45,48H2,1-2H3,(H,50,51). The Morgan fingerprint density at radius 3 is 1.12 bits per heavy atom. The minimum absolute atomic E-state index is 0.0898. The number of phosphoric ester groups is 1. The third-order valence-electron chi connectivity index (χ3n) is 11.0. The quantitative estimate of drug-likeness (QED) is 0.0354. The molecule has 0 saturated heterocycles. The average molecular weight is 818 g/mol. The summed E-state index contributed by atoms with van der Waals surface area (Å²) >= 11 is 0. The van der Waals surface area contributed by atoms with Gasteiger partial charge in [-0.15, -0.1) is 0 Å². The number of carbonyl (C=O) groups excluding carboxylic acids is 1. The third-order valence-corrected chi connectivity index (χ3v) is 12.0. The average Bonchev–Trinajstić information content (AvgIpc) is 3.19. The van der Waals surface area contributed by atoms with Crippen LogP contribution in [-0.2, 0) is 27.9 Å². The zero-order chi connectivity index (χ0) is 40.9. The summed E-state index contributed by atoms with van der Waals surface area (Å²) in [6, 6.07) is 0. The number of unbranched alkanes of at least 4 members (excludes halogenated alkanes) is 35. The highest BCUT2D eigenvalue weighted by Gasteiger charge is 2.25. The molecule has 8 nitrogen and oxygen atoms in total. The number of nitrogens with two attached hydrogens (primary N) is 1. The fourth-order valence-corrected chi connectivity index (χ4v) is 8.18. The van der Waals surface area contributed by atoms with Crippen LogP contribution in [0.1, 0.15) is 258 Å². The molecule has 0 spiro atoms. The molecule has 0 bridgehead atoms. The van der Waals surface area contributed by atoms with Crippen molar-refractivity contribution < 1.29 is 32.8 Å². The van der Waals surface area contributed by atoms with Crippen LogP contribution in [0, 0.1) is 0 Å². The van der Waals surface area contributed by atoms with Crippen LogP contribution in [0.3, 0.4) is 0 Å². The van der Waals surface area contributed by atoms with E-state index in [1.165, 1.54) is 205 Å². The van der Waals surface area contributed by atoms with Crippen LogP contribution in [0.4, 0.5) is 0 Å². The molecule has 0 aliphatic rings. The lowest BCUT2D eigenvalue weighted by molar-refractivity contribution is -0.154. The van der Waals surface area contributed by atoms with E-state index in [4.69, 9.17) is 24.3 Å². The first-order chi connectivity index (χ1) is 27.4. The van der Waals surface area contributed by atoms with Crippen LogP contribution in [0.5, 0.6) is 0 Å². The number of esters is 1. The summed E-state index contributed by atoms with van der Waals surface area (Å²) in [6.45, 7) is 5.00. The summed E-state index contributed by atoms with van der Waals surface area (Å²) in [5.74, 6) is -0.322. The number of carbonyl (C=O) groups is 1. The topological polar surface area (TPSA) is 117 Å². The molecule has 0 aromatic carbocycles. The maximum Gasteiger partial charge on any atom is 0.472 e. The van der Waals surface area contributed by atoms with E-state index in [9.17, 15) is 14.3 Å². The van der Waals surface area contributed by atoms with Crippen LogP contribution in [0.15, 0.2) is 0 Å². The summed E-state index contributed by atoms with van der Waals surface area (Å²) in [7, 11) is -4.27. The van der Waals surface area contributed by atoms with Crippen molar-refractivity contribution in [2.45, 2.75) is 264 Å². The first-order valence-corrected chi connectivity index (χ1v) is 26.0.